The lowest BCUT2D eigenvalue weighted by molar-refractivity contribution is 0.858. The average Bonchev–Trinajstić information content (AvgIpc) is 2.38. The third kappa shape index (κ3) is 1.91. The topological polar surface area (TPSA) is 3.24 Å². The number of para-hydroxylation sites is 1. The van der Waals surface area contributed by atoms with Gasteiger partial charge in [0, 0.05) is 22.4 Å². The van der Waals surface area contributed by atoms with Gasteiger partial charge in [0.05, 0.1) is 0 Å². The number of benzene rings is 2. The predicted octanol–water partition coefficient (Wildman–Crippen LogP) is 4.89. The highest BCUT2D eigenvalue weighted by Gasteiger charge is 2.20. The average molecular weight is 256 g/mol. The minimum Gasteiger partial charge on any atom is -0.334 e. The summed E-state index contributed by atoms with van der Waals surface area (Å²) in [5, 5.41) is 0.770. The highest BCUT2D eigenvalue weighted by atomic mass is 35.5. The van der Waals surface area contributed by atoms with E-state index in [2.05, 4.69) is 54.3 Å². The van der Waals surface area contributed by atoms with E-state index in [4.69, 9.17) is 11.6 Å². The summed E-state index contributed by atoms with van der Waals surface area (Å²) < 4.78 is 0. The molecule has 18 heavy (non-hydrogen) atoms. The van der Waals surface area contributed by atoms with E-state index in [1.54, 1.807) is 0 Å². The molecular weight excluding hydrogens is 242 g/mol. The first-order valence-corrected chi connectivity index (χ1v) is 6.45. The number of fused-ring (bicyclic) bond motifs is 1. The van der Waals surface area contributed by atoms with Gasteiger partial charge in [-0.3, -0.25) is 0 Å². The first kappa shape index (κ1) is 11.4. The Kier molecular flexibility index (Phi) is 2.85. The minimum atomic E-state index is 0.332. The van der Waals surface area contributed by atoms with Crippen LogP contribution in [0.1, 0.15) is 12.5 Å². The van der Waals surface area contributed by atoms with E-state index in [1.165, 1.54) is 11.3 Å². The Morgan fingerprint density at radius 1 is 1.06 bits per heavy atom. The van der Waals surface area contributed by atoms with Crippen LogP contribution in [-0.4, -0.2) is 6.04 Å². The van der Waals surface area contributed by atoms with Crippen molar-refractivity contribution in [3.63, 3.8) is 0 Å². The molecule has 0 saturated heterocycles. The lowest BCUT2D eigenvalue weighted by Gasteiger charge is -2.33. The van der Waals surface area contributed by atoms with E-state index in [-0.39, 0.29) is 0 Å². The van der Waals surface area contributed by atoms with Crippen molar-refractivity contribution in [1.82, 2.24) is 0 Å². The molecule has 2 aromatic carbocycles. The summed E-state index contributed by atoms with van der Waals surface area (Å²) in [7, 11) is 0. The van der Waals surface area contributed by atoms with Gasteiger partial charge in [-0.1, -0.05) is 48.0 Å². The van der Waals surface area contributed by atoms with Gasteiger partial charge in [-0.05, 0) is 36.8 Å². The van der Waals surface area contributed by atoms with Crippen molar-refractivity contribution < 1.29 is 0 Å². The van der Waals surface area contributed by atoms with Gasteiger partial charge >= 0.3 is 0 Å². The van der Waals surface area contributed by atoms with Gasteiger partial charge in [0.25, 0.3) is 0 Å². The van der Waals surface area contributed by atoms with E-state index >= 15 is 0 Å². The first-order valence-electron chi connectivity index (χ1n) is 6.08. The van der Waals surface area contributed by atoms with Gasteiger partial charge < -0.3 is 4.90 Å². The zero-order valence-corrected chi connectivity index (χ0v) is 10.9. The normalized spacial score (nSPS) is 17.7. The smallest absolute Gasteiger partial charge is 0.0497 e. The fourth-order valence-corrected chi connectivity index (χ4v) is 2.58. The fraction of sp³-hybridized carbons (Fsp3) is 0.125. The third-order valence-electron chi connectivity index (χ3n) is 3.24. The van der Waals surface area contributed by atoms with E-state index in [9.17, 15) is 0 Å². The predicted molar refractivity (Wildman–Crippen MR) is 78.5 cm³/mol. The van der Waals surface area contributed by atoms with Crippen molar-refractivity contribution in [2.45, 2.75) is 13.0 Å². The SMILES string of the molecule is CC1C=Cc2ccccc2N1c1cccc(Cl)c1. The number of rotatable bonds is 1. The van der Waals surface area contributed by atoms with Crippen LogP contribution < -0.4 is 4.90 Å². The van der Waals surface area contributed by atoms with E-state index in [1.807, 2.05) is 18.2 Å². The lowest BCUT2D eigenvalue weighted by atomic mass is 10.0. The molecule has 1 heterocycles. The number of hydrogen-bond donors (Lipinski definition) is 0. The highest BCUT2D eigenvalue weighted by Crippen LogP contribution is 2.35. The molecule has 0 aliphatic carbocycles. The Hall–Kier alpha value is -1.73. The summed E-state index contributed by atoms with van der Waals surface area (Å²) in [5.41, 5.74) is 3.61. The van der Waals surface area contributed by atoms with Gasteiger partial charge in [0.2, 0.25) is 0 Å². The van der Waals surface area contributed by atoms with Crippen LogP contribution in [0.5, 0.6) is 0 Å². The van der Waals surface area contributed by atoms with Crippen LogP contribution in [0.15, 0.2) is 54.6 Å². The number of nitrogens with zero attached hydrogens (tertiary/aromatic N) is 1. The number of hydrogen-bond acceptors (Lipinski definition) is 1. The van der Waals surface area contributed by atoms with Crippen molar-refractivity contribution in [2.75, 3.05) is 4.90 Å². The van der Waals surface area contributed by atoms with Crippen molar-refractivity contribution in [3.8, 4) is 0 Å². The molecule has 0 fully saturated rings. The molecule has 0 amide bonds. The van der Waals surface area contributed by atoms with Gasteiger partial charge in [0.1, 0.15) is 0 Å². The molecule has 1 atom stereocenters. The fourth-order valence-electron chi connectivity index (χ4n) is 2.40. The van der Waals surface area contributed by atoms with Crippen LogP contribution in [0, 0.1) is 0 Å². The molecule has 0 bridgehead atoms. The second-order valence-corrected chi connectivity index (χ2v) is 4.94. The van der Waals surface area contributed by atoms with Crippen molar-refractivity contribution >= 4 is 29.1 Å². The lowest BCUT2D eigenvalue weighted by Crippen LogP contribution is -2.29. The second kappa shape index (κ2) is 4.51. The van der Waals surface area contributed by atoms with Crippen LogP contribution in [-0.2, 0) is 0 Å². The Morgan fingerprint density at radius 2 is 1.89 bits per heavy atom. The summed E-state index contributed by atoms with van der Waals surface area (Å²) in [4.78, 5) is 2.31. The maximum Gasteiger partial charge on any atom is 0.0497 e. The van der Waals surface area contributed by atoms with Gasteiger partial charge in [-0.15, -0.1) is 0 Å². The molecule has 0 saturated carbocycles. The molecular formula is C16H14ClN. The Bertz CT molecular complexity index is 604. The molecule has 2 heteroatoms. The van der Waals surface area contributed by atoms with E-state index < -0.39 is 0 Å². The zero-order chi connectivity index (χ0) is 12.5. The molecule has 0 spiro atoms. The first-order chi connectivity index (χ1) is 8.75. The molecule has 2 aromatic rings. The van der Waals surface area contributed by atoms with Crippen LogP contribution in [0.4, 0.5) is 11.4 Å². The Morgan fingerprint density at radius 3 is 2.72 bits per heavy atom. The zero-order valence-electron chi connectivity index (χ0n) is 10.2. The maximum atomic E-state index is 6.09. The largest absolute Gasteiger partial charge is 0.334 e. The summed E-state index contributed by atoms with van der Waals surface area (Å²) in [5.74, 6) is 0. The van der Waals surface area contributed by atoms with Gasteiger partial charge in [-0.2, -0.15) is 0 Å². The molecule has 0 radical (unpaired) electrons. The molecule has 3 rings (SSSR count). The highest BCUT2D eigenvalue weighted by molar-refractivity contribution is 6.30. The second-order valence-electron chi connectivity index (χ2n) is 4.51. The summed E-state index contributed by atoms with van der Waals surface area (Å²) >= 11 is 6.09. The Balaban J connectivity index is 2.14. The van der Waals surface area contributed by atoms with Crippen molar-refractivity contribution in [2.24, 2.45) is 0 Å². The van der Waals surface area contributed by atoms with Crippen LogP contribution >= 0.6 is 11.6 Å². The molecule has 0 aromatic heterocycles. The third-order valence-corrected chi connectivity index (χ3v) is 3.48. The van der Waals surface area contributed by atoms with Crippen LogP contribution in [0.25, 0.3) is 6.08 Å². The molecule has 90 valence electrons. The summed E-state index contributed by atoms with van der Waals surface area (Å²) in [6, 6.07) is 16.8. The number of halogens is 1. The summed E-state index contributed by atoms with van der Waals surface area (Å²) in [6.45, 7) is 2.19. The quantitative estimate of drug-likeness (QED) is 0.701. The molecule has 0 N–H and O–H groups in total. The minimum absolute atomic E-state index is 0.332. The monoisotopic (exact) mass is 255 g/mol. The Labute approximate surface area is 112 Å². The standard InChI is InChI=1S/C16H14ClN/c1-12-9-10-13-5-2-3-8-16(13)18(12)15-7-4-6-14(17)11-15/h2-12H,1H3. The molecule has 1 aliphatic heterocycles. The van der Waals surface area contributed by atoms with Gasteiger partial charge in [-0.25, -0.2) is 0 Å². The van der Waals surface area contributed by atoms with Gasteiger partial charge in [0.15, 0.2) is 0 Å². The van der Waals surface area contributed by atoms with E-state index in [0.29, 0.717) is 6.04 Å². The number of anilines is 2. The van der Waals surface area contributed by atoms with Crippen LogP contribution in [0.2, 0.25) is 5.02 Å². The van der Waals surface area contributed by atoms with Crippen LogP contribution in [0.3, 0.4) is 0 Å². The van der Waals surface area contributed by atoms with E-state index in [0.717, 1.165) is 10.7 Å². The van der Waals surface area contributed by atoms with Crippen molar-refractivity contribution in [1.29, 1.82) is 0 Å². The maximum absolute atomic E-state index is 6.09. The molecule has 1 aliphatic rings. The van der Waals surface area contributed by atoms with Crippen molar-refractivity contribution in [3.05, 3.63) is 65.2 Å². The molecule has 1 unspecified atom stereocenters. The summed E-state index contributed by atoms with van der Waals surface area (Å²) in [6.07, 6.45) is 4.39. The molecule has 1 nitrogen and oxygen atoms in total.